The number of benzene rings is 4. The van der Waals surface area contributed by atoms with Gasteiger partial charge in [-0.2, -0.15) is 0 Å². The molecule has 6 aromatic rings. The molecule has 0 spiro atoms. The highest BCUT2D eigenvalue weighted by molar-refractivity contribution is 5.94. The number of hydrogen-bond donors (Lipinski definition) is 0. The normalized spacial score (nSPS) is 12.2. The van der Waals surface area contributed by atoms with Crippen molar-refractivity contribution < 1.29 is 0 Å². The third-order valence-electron chi connectivity index (χ3n) is 6.18. The minimum Gasteiger partial charge on any atom is -0.304 e. The van der Waals surface area contributed by atoms with E-state index in [1.54, 1.807) is 0 Å². The van der Waals surface area contributed by atoms with Crippen LogP contribution < -0.4 is 0 Å². The summed E-state index contributed by atoms with van der Waals surface area (Å²) in [5.41, 5.74) is 9.29. The number of aromatic nitrogens is 3. The van der Waals surface area contributed by atoms with Crippen molar-refractivity contribution in [1.29, 1.82) is 0 Å². The summed E-state index contributed by atoms with van der Waals surface area (Å²) in [5.74, 6) is 0.984. The highest BCUT2D eigenvalue weighted by Gasteiger charge is 2.24. The average Bonchev–Trinajstić information content (AvgIpc) is 3.32. The maximum absolute atomic E-state index is 5.13. The summed E-state index contributed by atoms with van der Waals surface area (Å²) < 4.78 is 4.68. The Balaban J connectivity index is 1.65. The van der Waals surface area contributed by atoms with Crippen LogP contribution in [0.2, 0.25) is 0 Å². The lowest BCUT2D eigenvalue weighted by molar-refractivity contribution is 0.419. The number of hydrogen-bond acceptors (Lipinski definition) is 1. The van der Waals surface area contributed by atoms with Gasteiger partial charge in [-0.25, -0.2) is 4.98 Å². The van der Waals surface area contributed by atoms with Crippen LogP contribution in [0.25, 0.3) is 50.1 Å². The Kier molecular flexibility index (Phi) is 4.03. The lowest BCUT2D eigenvalue weighted by Gasteiger charge is -2.22. The van der Waals surface area contributed by atoms with E-state index in [-0.39, 0.29) is 5.54 Å². The Morgan fingerprint density at radius 2 is 1.12 bits per heavy atom. The smallest absolute Gasteiger partial charge is 0.216 e. The molecular formula is C29H25N3. The van der Waals surface area contributed by atoms with E-state index < -0.39 is 0 Å². The monoisotopic (exact) mass is 415 g/mol. The van der Waals surface area contributed by atoms with Gasteiger partial charge in [-0.15, -0.1) is 0 Å². The molecule has 0 aliphatic rings. The maximum atomic E-state index is 5.13. The molecule has 2 heterocycles. The summed E-state index contributed by atoms with van der Waals surface area (Å²) in [6, 6.07) is 34.4. The molecule has 0 unspecified atom stereocenters. The lowest BCUT2D eigenvalue weighted by atomic mass is 10.0. The Hall–Kier alpha value is -3.85. The molecule has 3 heteroatoms. The van der Waals surface area contributed by atoms with Gasteiger partial charge in [0, 0.05) is 5.54 Å². The van der Waals surface area contributed by atoms with Crippen LogP contribution in [0.4, 0.5) is 0 Å². The van der Waals surface area contributed by atoms with E-state index in [9.17, 15) is 0 Å². The summed E-state index contributed by atoms with van der Waals surface area (Å²) in [7, 11) is 0. The molecule has 0 saturated heterocycles. The fraction of sp³-hybridized carbons (Fsp3) is 0.138. The van der Waals surface area contributed by atoms with E-state index in [2.05, 4.69) is 127 Å². The molecule has 0 aliphatic heterocycles. The highest BCUT2D eigenvalue weighted by atomic mass is 15.2. The number of imidazole rings is 2. The van der Waals surface area contributed by atoms with Gasteiger partial charge < -0.3 is 4.57 Å². The second-order valence-electron chi connectivity index (χ2n) is 9.39. The largest absolute Gasteiger partial charge is 0.304 e. The molecule has 156 valence electrons. The van der Waals surface area contributed by atoms with E-state index in [1.807, 2.05) is 0 Å². The molecular weight excluding hydrogens is 390 g/mol. The molecule has 6 rings (SSSR count). The average molecular weight is 416 g/mol. The first-order valence-corrected chi connectivity index (χ1v) is 11.1. The number of rotatable bonds is 2. The van der Waals surface area contributed by atoms with Crippen molar-refractivity contribution in [2.24, 2.45) is 0 Å². The molecule has 32 heavy (non-hydrogen) atoms. The van der Waals surface area contributed by atoms with Crippen molar-refractivity contribution in [3.05, 3.63) is 97.1 Å². The Morgan fingerprint density at radius 3 is 1.72 bits per heavy atom. The zero-order valence-corrected chi connectivity index (χ0v) is 18.6. The molecule has 3 nitrogen and oxygen atoms in total. The number of nitrogens with zero attached hydrogens (tertiary/aromatic N) is 3. The van der Waals surface area contributed by atoms with E-state index in [4.69, 9.17) is 4.98 Å². The van der Waals surface area contributed by atoms with E-state index in [0.29, 0.717) is 0 Å². The van der Waals surface area contributed by atoms with Crippen LogP contribution in [0.1, 0.15) is 20.8 Å². The molecule has 0 aliphatic carbocycles. The van der Waals surface area contributed by atoms with Crippen LogP contribution in [0.3, 0.4) is 0 Å². The number of fused-ring (bicyclic) bond motifs is 5. The fourth-order valence-electron chi connectivity index (χ4n) is 4.74. The van der Waals surface area contributed by atoms with E-state index in [0.717, 1.165) is 16.8 Å². The Labute approximate surface area is 187 Å². The third kappa shape index (κ3) is 2.85. The molecule has 4 aromatic carbocycles. The maximum Gasteiger partial charge on any atom is 0.216 e. The van der Waals surface area contributed by atoms with Crippen molar-refractivity contribution in [2.75, 3.05) is 0 Å². The van der Waals surface area contributed by atoms with E-state index in [1.165, 1.54) is 33.3 Å². The van der Waals surface area contributed by atoms with Gasteiger partial charge in [-0.1, -0.05) is 72.8 Å². The van der Waals surface area contributed by atoms with Gasteiger partial charge in [0.2, 0.25) is 5.78 Å². The van der Waals surface area contributed by atoms with Crippen LogP contribution in [0.5, 0.6) is 0 Å². The Morgan fingerprint density at radius 1 is 0.562 bits per heavy atom. The summed E-state index contributed by atoms with van der Waals surface area (Å²) in [6.07, 6.45) is 0. The third-order valence-corrected chi connectivity index (χ3v) is 6.18. The first-order valence-electron chi connectivity index (χ1n) is 11.1. The molecule has 0 saturated carbocycles. The molecule has 0 radical (unpaired) electrons. The predicted octanol–water partition coefficient (Wildman–Crippen LogP) is 7.53. The van der Waals surface area contributed by atoms with Crippen LogP contribution >= 0.6 is 0 Å². The second-order valence-corrected chi connectivity index (χ2v) is 9.39. The fourth-order valence-corrected chi connectivity index (χ4v) is 4.74. The second kappa shape index (κ2) is 6.83. The van der Waals surface area contributed by atoms with Gasteiger partial charge >= 0.3 is 0 Å². The summed E-state index contributed by atoms with van der Waals surface area (Å²) in [4.78, 5) is 5.13. The predicted molar refractivity (Wildman–Crippen MR) is 134 cm³/mol. The molecule has 0 amide bonds. The standard InChI is InChI=1S/C29H25N3/c1-29(2,3)32-27-19-23(21-12-8-5-9-13-21)15-17-26(27)31-25-16-14-22(18-24(25)30-28(31)32)20-10-6-4-7-11-20/h4-19H,1-3H3. The van der Waals surface area contributed by atoms with Gasteiger partial charge in [0.1, 0.15) is 0 Å². The van der Waals surface area contributed by atoms with Gasteiger partial charge in [0.05, 0.1) is 22.1 Å². The summed E-state index contributed by atoms with van der Waals surface area (Å²) >= 11 is 0. The highest BCUT2D eigenvalue weighted by Crippen LogP contribution is 2.35. The van der Waals surface area contributed by atoms with Gasteiger partial charge in [0.15, 0.2) is 0 Å². The van der Waals surface area contributed by atoms with Gasteiger partial charge in [-0.05, 0) is 67.3 Å². The molecule has 0 bridgehead atoms. The molecule has 2 aromatic heterocycles. The van der Waals surface area contributed by atoms with Crippen molar-refractivity contribution in [2.45, 2.75) is 26.3 Å². The van der Waals surface area contributed by atoms with Gasteiger partial charge in [0.25, 0.3) is 0 Å². The summed E-state index contributed by atoms with van der Waals surface area (Å²) in [6.45, 7) is 6.74. The molecule has 0 fully saturated rings. The minimum absolute atomic E-state index is 0.109. The van der Waals surface area contributed by atoms with Crippen LogP contribution in [0.15, 0.2) is 97.1 Å². The van der Waals surface area contributed by atoms with Crippen LogP contribution in [-0.2, 0) is 5.54 Å². The minimum atomic E-state index is -0.109. The summed E-state index contributed by atoms with van der Waals surface area (Å²) in [5, 5.41) is 0. The van der Waals surface area contributed by atoms with Crippen LogP contribution in [0, 0.1) is 0 Å². The van der Waals surface area contributed by atoms with Crippen LogP contribution in [-0.4, -0.2) is 14.0 Å². The SMILES string of the molecule is CC(C)(C)n1c2cc(-c3ccccc3)ccc2n2c3ccc(-c4ccccc4)cc3nc12. The van der Waals surface area contributed by atoms with Crippen molar-refractivity contribution in [1.82, 2.24) is 14.0 Å². The first-order chi connectivity index (χ1) is 15.5. The van der Waals surface area contributed by atoms with Crippen molar-refractivity contribution >= 4 is 27.8 Å². The lowest BCUT2D eigenvalue weighted by Crippen LogP contribution is -2.21. The molecule has 0 N–H and O–H groups in total. The van der Waals surface area contributed by atoms with Gasteiger partial charge in [-0.3, -0.25) is 4.40 Å². The van der Waals surface area contributed by atoms with E-state index >= 15 is 0 Å². The first kappa shape index (κ1) is 18.9. The Bertz CT molecular complexity index is 1580. The van der Waals surface area contributed by atoms with Crippen molar-refractivity contribution in [3.8, 4) is 22.3 Å². The quantitative estimate of drug-likeness (QED) is 0.286. The zero-order valence-electron chi connectivity index (χ0n) is 18.6. The molecule has 0 atom stereocenters. The zero-order chi connectivity index (χ0) is 21.9. The van der Waals surface area contributed by atoms with Crippen molar-refractivity contribution in [3.63, 3.8) is 0 Å². The topological polar surface area (TPSA) is 22.2 Å².